The minimum atomic E-state index is -0.266. The van der Waals surface area contributed by atoms with Crippen molar-refractivity contribution in [3.05, 3.63) is 99.2 Å². The van der Waals surface area contributed by atoms with E-state index in [0.29, 0.717) is 25.6 Å². The molecule has 4 rings (SSSR count). The first-order chi connectivity index (χ1) is 16.5. The molecule has 6 heteroatoms. The Morgan fingerprint density at radius 1 is 1.09 bits per heavy atom. The van der Waals surface area contributed by atoms with Crippen molar-refractivity contribution in [2.45, 2.75) is 51.6 Å². The summed E-state index contributed by atoms with van der Waals surface area (Å²) in [4.78, 5) is 32.9. The number of benzene rings is 1. The molecular formula is C28H34N4O2. The molecule has 0 saturated carbocycles. The van der Waals surface area contributed by atoms with Gasteiger partial charge in [-0.1, -0.05) is 30.3 Å². The maximum Gasteiger partial charge on any atom is 0.257 e. The zero-order valence-electron chi connectivity index (χ0n) is 20.2. The van der Waals surface area contributed by atoms with Gasteiger partial charge in [-0.05, 0) is 75.9 Å². The van der Waals surface area contributed by atoms with Gasteiger partial charge >= 0.3 is 0 Å². The molecule has 178 valence electrons. The molecule has 1 aliphatic rings. The van der Waals surface area contributed by atoms with Crippen LogP contribution in [-0.4, -0.2) is 46.5 Å². The summed E-state index contributed by atoms with van der Waals surface area (Å²) in [5.74, 6) is -0.266. The number of carbonyl (C=O) groups excluding carboxylic acids is 1. The standard InChI is InChI=1S/C28H34N4O2/c1-21-19-26(33)27(28(34)30-17-14-24-9-6-18-31(24)2)25(11-10-22-7-4-3-5-8-22)32(21)20-23-12-15-29-16-13-23/h3-5,7-8,12-13,15-16,19,24H,6,9-11,14,17-18,20H2,1-2H3,(H,30,34). The van der Waals surface area contributed by atoms with Crippen LogP contribution in [0.5, 0.6) is 0 Å². The van der Waals surface area contributed by atoms with Crippen molar-refractivity contribution in [1.82, 2.24) is 19.8 Å². The largest absolute Gasteiger partial charge is 0.352 e. The summed E-state index contributed by atoms with van der Waals surface area (Å²) >= 11 is 0. The third-order valence-electron chi connectivity index (χ3n) is 6.87. The molecule has 0 spiro atoms. The SMILES string of the molecule is Cc1cc(=O)c(C(=O)NCCC2CCCN2C)c(CCc2ccccc2)n1Cc1ccncc1. The van der Waals surface area contributed by atoms with Gasteiger partial charge in [0.2, 0.25) is 0 Å². The average molecular weight is 459 g/mol. The minimum Gasteiger partial charge on any atom is -0.352 e. The van der Waals surface area contributed by atoms with Crippen LogP contribution in [0.2, 0.25) is 0 Å². The lowest BCUT2D eigenvalue weighted by Gasteiger charge is -2.21. The van der Waals surface area contributed by atoms with E-state index < -0.39 is 0 Å². The van der Waals surface area contributed by atoms with Crippen LogP contribution in [-0.2, 0) is 19.4 Å². The smallest absolute Gasteiger partial charge is 0.257 e. The van der Waals surface area contributed by atoms with Crippen molar-refractivity contribution in [2.24, 2.45) is 0 Å². The summed E-state index contributed by atoms with van der Waals surface area (Å²) in [5, 5.41) is 3.05. The molecule has 0 bridgehead atoms. The van der Waals surface area contributed by atoms with Crippen LogP contribution in [0.4, 0.5) is 0 Å². The van der Waals surface area contributed by atoms with Crippen molar-refractivity contribution in [2.75, 3.05) is 20.1 Å². The van der Waals surface area contributed by atoms with E-state index in [1.807, 2.05) is 37.3 Å². The highest BCUT2D eigenvalue weighted by Crippen LogP contribution is 2.18. The summed E-state index contributed by atoms with van der Waals surface area (Å²) < 4.78 is 2.11. The lowest BCUT2D eigenvalue weighted by molar-refractivity contribution is 0.0947. The summed E-state index contributed by atoms with van der Waals surface area (Å²) in [6, 6.07) is 16.2. The van der Waals surface area contributed by atoms with Gasteiger partial charge in [-0.2, -0.15) is 0 Å². The van der Waals surface area contributed by atoms with Gasteiger partial charge in [-0.15, -0.1) is 0 Å². The van der Waals surface area contributed by atoms with Crippen LogP contribution in [0.25, 0.3) is 0 Å². The Hall–Kier alpha value is -3.25. The van der Waals surface area contributed by atoms with Crippen molar-refractivity contribution in [1.29, 1.82) is 0 Å². The molecule has 1 atom stereocenters. The van der Waals surface area contributed by atoms with Crippen molar-refractivity contribution in [3.63, 3.8) is 0 Å². The number of likely N-dealkylation sites (tertiary alicyclic amines) is 1. The molecule has 0 aliphatic carbocycles. The van der Waals surface area contributed by atoms with E-state index in [0.717, 1.165) is 42.8 Å². The molecule has 1 aromatic carbocycles. The second-order valence-corrected chi connectivity index (χ2v) is 9.22. The highest BCUT2D eigenvalue weighted by molar-refractivity contribution is 5.95. The number of nitrogens with zero attached hydrogens (tertiary/aromatic N) is 3. The predicted molar refractivity (Wildman–Crippen MR) is 135 cm³/mol. The molecule has 2 aromatic heterocycles. The fourth-order valence-electron chi connectivity index (χ4n) is 4.92. The Morgan fingerprint density at radius 2 is 1.85 bits per heavy atom. The fourth-order valence-corrected chi connectivity index (χ4v) is 4.92. The van der Waals surface area contributed by atoms with Crippen molar-refractivity contribution >= 4 is 5.91 Å². The van der Waals surface area contributed by atoms with Gasteiger partial charge in [0.25, 0.3) is 5.91 Å². The van der Waals surface area contributed by atoms with Crippen LogP contribution in [0.3, 0.4) is 0 Å². The maximum atomic E-state index is 13.3. The summed E-state index contributed by atoms with van der Waals surface area (Å²) in [5.41, 5.74) is 3.98. The number of carbonyl (C=O) groups is 1. The topological polar surface area (TPSA) is 67.2 Å². The molecule has 0 radical (unpaired) electrons. The Bertz CT molecular complexity index is 1160. The first-order valence-corrected chi connectivity index (χ1v) is 12.2. The number of pyridine rings is 2. The molecule has 1 fully saturated rings. The van der Waals surface area contributed by atoms with E-state index >= 15 is 0 Å². The molecular weight excluding hydrogens is 424 g/mol. The Labute approximate surface area is 201 Å². The van der Waals surface area contributed by atoms with Gasteiger partial charge in [-0.25, -0.2) is 0 Å². The highest BCUT2D eigenvalue weighted by Gasteiger charge is 2.23. The predicted octanol–water partition coefficient (Wildman–Crippen LogP) is 3.60. The second-order valence-electron chi connectivity index (χ2n) is 9.22. The average Bonchev–Trinajstić information content (AvgIpc) is 3.25. The molecule has 3 aromatic rings. The maximum absolute atomic E-state index is 13.3. The third-order valence-corrected chi connectivity index (χ3v) is 6.87. The lowest BCUT2D eigenvalue weighted by Crippen LogP contribution is -2.36. The fraction of sp³-hybridized carbons (Fsp3) is 0.393. The van der Waals surface area contributed by atoms with Gasteiger partial charge in [0.15, 0.2) is 5.43 Å². The van der Waals surface area contributed by atoms with Crippen LogP contribution >= 0.6 is 0 Å². The van der Waals surface area contributed by atoms with Crippen LogP contribution < -0.4 is 10.7 Å². The molecule has 1 saturated heterocycles. The van der Waals surface area contributed by atoms with Gasteiger partial charge in [0.05, 0.1) is 0 Å². The highest BCUT2D eigenvalue weighted by atomic mass is 16.2. The van der Waals surface area contributed by atoms with E-state index in [1.54, 1.807) is 18.5 Å². The molecule has 3 heterocycles. The first kappa shape index (κ1) is 23.9. The van der Waals surface area contributed by atoms with Crippen LogP contribution in [0.1, 0.15) is 52.1 Å². The monoisotopic (exact) mass is 458 g/mol. The number of amides is 1. The van der Waals surface area contributed by atoms with Gasteiger partial charge in [-0.3, -0.25) is 14.6 Å². The lowest BCUT2D eigenvalue weighted by atomic mass is 10.0. The Morgan fingerprint density at radius 3 is 2.56 bits per heavy atom. The zero-order valence-corrected chi connectivity index (χ0v) is 20.2. The van der Waals surface area contributed by atoms with E-state index in [4.69, 9.17) is 0 Å². The third kappa shape index (κ3) is 5.81. The second kappa shape index (κ2) is 11.3. The van der Waals surface area contributed by atoms with Gasteiger partial charge in [0, 0.05) is 49.0 Å². The van der Waals surface area contributed by atoms with E-state index in [9.17, 15) is 9.59 Å². The first-order valence-electron chi connectivity index (χ1n) is 12.2. The van der Waals surface area contributed by atoms with E-state index in [2.05, 4.69) is 38.9 Å². The summed E-state index contributed by atoms with van der Waals surface area (Å²) in [6.45, 7) is 4.21. The Balaban J connectivity index is 1.62. The van der Waals surface area contributed by atoms with Gasteiger partial charge in [0.1, 0.15) is 5.56 Å². The quantitative estimate of drug-likeness (QED) is 0.532. The number of hydrogen-bond donors (Lipinski definition) is 1. The zero-order chi connectivity index (χ0) is 23.9. The van der Waals surface area contributed by atoms with E-state index in [1.165, 1.54) is 12.0 Å². The number of aryl methyl sites for hydroxylation is 2. The minimum absolute atomic E-state index is 0.206. The van der Waals surface area contributed by atoms with Gasteiger partial charge < -0.3 is 14.8 Å². The van der Waals surface area contributed by atoms with E-state index in [-0.39, 0.29) is 16.9 Å². The Kier molecular flexibility index (Phi) is 7.91. The summed E-state index contributed by atoms with van der Waals surface area (Å²) in [7, 11) is 2.14. The molecule has 1 unspecified atom stereocenters. The molecule has 1 N–H and O–H groups in total. The molecule has 6 nitrogen and oxygen atoms in total. The van der Waals surface area contributed by atoms with Crippen LogP contribution in [0, 0.1) is 6.92 Å². The molecule has 1 amide bonds. The number of hydrogen-bond acceptors (Lipinski definition) is 4. The molecule has 34 heavy (non-hydrogen) atoms. The number of nitrogens with one attached hydrogen (secondary N) is 1. The molecule has 1 aliphatic heterocycles. The van der Waals surface area contributed by atoms with Crippen molar-refractivity contribution in [3.8, 4) is 0 Å². The van der Waals surface area contributed by atoms with Crippen LogP contribution in [0.15, 0.2) is 65.7 Å². The number of rotatable bonds is 9. The normalized spacial score (nSPS) is 16.0. The number of aromatic nitrogens is 2. The summed E-state index contributed by atoms with van der Waals surface area (Å²) in [6.07, 6.45) is 8.18. The van der Waals surface area contributed by atoms with Crippen molar-refractivity contribution < 1.29 is 4.79 Å².